The summed E-state index contributed by atoms with van der Waals surface area (Å²) in [6.45, 7) is 4.27. The van der Waals surface area contributed by atoms with Crippen molar-refractivity contribution in [2.45, 2.75) is 38.0 Å². The Labute approximate surface area is 95.3 Å². The molecule has 0 unspecified atom stereocenters. The summed E-state index contributed by atoms with van der Waals surface area (Å²) in [4.78, 5) is 0. The minimum atomic E-state index is -0.461. The van der Waals surface area contributed by atoms with Gasteiger partial charge in [-0.05, 0) is 38.0 Å². The number of aliphatic hydroxyl groups is 1. The van der Waals surface area contributed by atoms with Crippen molar-refractivity contribution >= 4 is 11.6 Å². The highest BCUT2D eigenvalue weighted by Gasteiger charge is 2.39. The van der Waals surface area contributed by atoms with Crippen LogP contribution in [-0.4, -0.2) is 16.7 Å². The van der Waals surface area contributed by atoms with Gasteiger partial charge >= 0.3 is 0 Å². The zero-order chi connectivity index (χ0) is 11.1. The van der Waals surface area contributed by atoms with E-state index in [0.717, 1.165) is 12.0 Å². The fourth-order valence-electron chi connectivity index (χ4n) is 2.14. The molecule has 1 fully saturated rings. The van der Waals surface area contributed by atoms with E-state index >= 15 is 0 Å². The molecular weight excluding hydrogens is 210 g/mol. The number of hydrogen-bond acceptors (Lipinski definition) is 2. The van der Waals surface area contributed by atoms with Gasteiger partial charge in [0.05, 0.1) is 6.10 Å². The second-order valence-corrected chi connectivity index (χ2v) is 5.28. The quantitative estimate of drug-likeness (QED) is 0.811. The van der Waals surface area contributed by atoms with E-state index in [2.05, 4.69) is 19.2 Å². The molecule has 0 spiro atoms. The van der Waals surface area contributed by atoms with E-state index < -0.39 is 6.10 Å². The van der Waals surface area contributed by atoms with Crippen molar-refractivity contribution in [2.75, 3.05) is 0 Å². The second kappa shape index (κ2) is 3.78. The van der Waals surface area contributed by atoms with Gasteiger partial charge in [0.25, 0.3) is 0 Å². The third-order valence-electron chi connectivity index (χ3n) is 2.88. The maximum atomic E-state index is 10.1. The van der Waals surface area contributed by atoms with Crippen molar-refractivity contribution in [1.29, 1.82) is 0 Å². The molecule has 2 nitrogen and oxygen atoms in total. The summed E-state index contributed by atoms with van der Waals surface area (Å²) in [6, 6.07) is 7.56. The maximum absolute atomic E-state index is 10.1. The molecule has 0 aromatic heterocycles. The van der Waals surface area contributed by atoms with Gasteiger partial charge in [0.1, 0.15) is 0 Å². The highest BCUT2D eigenvalue weighted by molar-refractivity contribution is 6.30. The Morgan fingerprint density at radius 3 is 2.73 bits per heavy atom. The summed E-state index contributed by atoms with van der Waals surface area (Å²) in [7, 11) is 0. The molecule has 0 radical (unpaired) electrons. The first kappa shape index (κ1) is 10.9. The molecule has 2 atom stereocenters. The van der Waals surface area contributed by atoms with Crippen LogP contribution in [0.2, 0.25) is 5.02 Å². The Kier molecular flexibility index (Phi) is 2.75. The van der Waals surface area contributed by atoms with Crippen LogP contribution in [0.4, 0.5) is 0 Å². The SMILES string of the molecule is CC1(C)C[C@@H]([C@@H](O)c2cccc(Cl)c2)N1. The summed E-state index contributed by atoms with van der Waals surface area (Å²) < 4.78 is 0. The van der Waals surface area contributed by atoms with Crippen molar-refractivity contribution < 1.29 is 5.11 Å². The highest BCUT2D eigenvalue weighted by atomic mass is 35.5. The third-order valence-corrected chi connectivity index (χ3v) is 3.11. The first-order chi connectivity index (χ1) is 6.98. The third kappa shape index (κ3) is 2.33. The smallest absolute Gasteiger partial charge is 0.0944 e. The topological polar surface area (TPSA) is 32.3 Å². The van der Waals surface area contributed by atoms with Crippen molar-refractivity contribution in [3.05, 3.63) is 34.9 Å². The molecule has 1 aliphatic rings. The molecule has 2 N–H and O–H groups in total. The monoisotopic (exact) mass is 225 g/mol. The second-order valence-electron chi connectivity index (χ2n) is 4.84. The van der Waals surface area contributed by atoms with E-state index in [9.17, 15) is 5.11 Å². The average Bonchev–Trinajstić information content (AvgIpc) is 2.13. The lowest BCUT2D eigenvalue weighted by molar-refractivity contribution is 0.0390. The normalized spacial score (nSPS) is 25.7. The lowest BCUT2D eigenvalue weighted by Crippen LogP contribution is -2.61. The number of hydrogen-bond donors (Lipinski definition) is 2. The van der Waals surface area contributed by atoms with Crippen molar-refractivity contribution in [3.63, 3.8) is 0 Å². The molecule has 1 aliphatic heterocycles. The van der Waals surface area contributed by atoms with E-state index in [1.807, 2.05) is 24.3 Å². The summed E-state index contributed by atoms with van der Waals surface area (Å²) in [5, 5.41) is 14.1. The zero-order valence-corrected chi connectivity index (χ0v) is 9.75. The molecule has 0 amide bonds. The van der Waals surface area contributed by atoms with Crippen molar-refractivity contribution in [2.24, 2.45) is 0 Å². The van der Waals surface area contributed by atoms with Crippen LogP contribution >= 0.6 is 11.6 Å². The van der Waals surface area contributed by atoms with Crippen LogP contribution in [0.15, 0.2) is 24.3 Å². The molecular formula is C12H16ClNO. The summed E-state index contributed by atoms with van der Waals surface area (Å²) >= 11 is 5.88. The average molecular weight is 226 g/mol. The van der Waals surface area contributed by atoms with Gasteiger partial charge < -0.3 is 10.4 Å². The molecule has 2 rings (SSSR count). The largest absolute Gasteiger partial charge is 0.387 e. The van der Waals surface area contributed by atoms with E-state index in [4.69, 9.17) is 11.6 Å². The predicted octanol–water partition coefficient (Wildman–Crippen LogP) is 2.51. The van der Waals surface area contributed by atoms with Crippen LogP contribution in [0.25, 0.3) is 0 Å². The van der Waals surface area contributed by atoms with E-state index in [1.165, 1.54) is 0 Å². The zero-order valence-electron chi connectivity index (χ0n) is 9.00. The van der Waals surface area contributed by atoms with Gasteiger partial charge in [0.2, 0.25) is 0 Å². The van der Waals surface area contributed by atoms with Crippen LogP contribution in [-0.2, 0) is 0 Å². The lowest BCUT2D eigenvalue weighted by Gasteiger charge is -2.46. The number of benzene rings is 1. The van der Waals surface area contributed by atoms with Crippen LogP contribution in [0.5, 0.6) is 0 Å². The van der Waals surface area contributed by atoms with Crippen molar-refractivity contribution in [1.82, 2.24) is 5.32 Å². The van der Waals surface area contributed by atoms with Crippen LogP contribution in [0.3, 0.4) is 0 Å². The fraction of sp³-hybridized carbons (Fsp3) is 0.500. The predicted molar refractivity (Wildman–Crippen MR) is 62.0 cm³/mol. The minimum absolute atomic E-state index is 0.151. The Morgan fingerprint density at radius 1 is 1.53 bits per heavy atom. The summed E-state index contributed by atoms with van der Waals surface area (Å²) in [5.41, 5.74) is 1.04. The molecule has 1 aromatic rings. The molecule has 1 saturated heterocycles. The maximum Gasteiger partial charge on any atom is 0.0944 e. The lowest BCUT2D eigenvalue weighted by atomic mass is 9.81. The Morgan fingerprint density at radius 2 is 2.20 bits per heavy atom. The van der Waals surface area contributed by atoms with Gasteiger partial charge in [-0.25, -0.2) is 0 Å². The van der Waals surface area contributed by atoms with Gasteiger partial charge in [0, 0.05) is 16.6 Å². The number of aliphatic hydroxyl groups excluding tert-OH is 1. The van der Waals surface area contributed by atoms with Gasteiger partial charge in [0.15, 0.2) is 0 Å². The molecule has 82 valence electrons. The van der Waals surface area contributed by atoms with Gasteiger partial charge in [-0.1, -0.05) is 23.7 Å². The summed E-state index contributed by atoms with van der Waals surface area (Å²) in [6.07, 6.45) is 0.525. The molecule has 0 aliphatic carbocycles. The van der Waals surface area contributed by atoms with Gasteiger partial charge in [-0.3, -0.25) is 0 Å². The minimum Gasteiger partial charge on any atom is -0.387 e. The Hall–Kier alpha value is -0.570. The van der Waals surface area contributed by atoms with Crippen LogP contribution < -0.4 is 5.32 Å². The van der Waals surface area contributed by atoms with Crippen molar-refractivity contribution in [3.8, 4) is 0 Å². The van der Waals surface area contributed by atoms with Gasteiger partial charge in [-0.2, -0.15) is 0 Å². The summed E-state index contributed by atoms with van der Waals surface area (Å²) in [5.74, 6) is 0. The molecule has 0 bridgehead atoms. The molecule has 15 heavy (non-hydrogen) atoms. The van der Waals surface area contributed by atoms with Gasteiger partial charge in [-0.15, -0.1) is 0 Å². The Balaban J connectivity index is 2.06. The van der Waals surface area contributed by atoms with Crippen LogP contribution in [0.1, 0.15) is 31.9 Å². The number of halogens is 1. The van der Waals surface area contributed by atoms with E-state index in [1.54, 1.807) is 0 Å². The first-order valence-corrected chi connectivity index (χ1v) is 5.57. The molecule has 3 heteroatoms. The van der Waals surface area contributed by atoms with E-state index in [0.29, 0.717) is 5.02 Å². The van der Waals surface area contributed by atoms with Crippen LogP contribution in [0, 0.1) is 0 Å². The number of nitrogens with one attached hydrogen (secondary N) is 1. The molecule has 1 aromatic carbocycles. The highest BCUT2D eigenvalue weighted by Crippen LogP contribution is 2.32. The van der Waals surface area contributed by atoms with E-state index in [-0.39, 0.29) is 11.6 Å². The standard InChI is InChI=1S/C12H16ClNO/c1-12(2)7-10(14-12)11(15)8-4-3-5-9(13)6-8/h3-6,10-11,14-15H,7H2,1-2H3/t10-,11-/m0/s1. The first-order valence-electron chi connectivity index (χ1n) is 5.19. The number of rotatable bonds is 2. The fourth-order valence-corrected chi connectivity index (χ4v) is 2.34. The molecule has 0 saturated carbocycles. The Bertz CT molecular complexity index is 356. The molecule has 1 heterocycles.